The second kappa shape index (κ2) is 7.61. The van der Waals surface area contributed by atoms with E-state index in [1.165, 1.54) is 16.7 Å². The first-order valence-electron chi connectivity index (χ1n) is 7.75. The Bertz CT molecular complexity index is 624. The first-order valence-corrected chi connectivity index (χ1v) is 7.75. The highest BCUT2D eigenvalue weighted by atomic mass is 14.4. The SMILES string of the molecule is C=CCc1ccccc1C(CC=C)(CC=C)c1ccccc1. The van der Waals surface area contributed by atoms with Crippen molar-refractivity contribution in [2.75, 3.05) is 0 Å². The summed E-state index contributed by atoms with van der Waals surface area (Å²) in [4.78, 5) is 0. The maximum atomic E-state index is 4.00. The zero-order valence-electron chi connectivity index (χ0n) is 13.2. The highest BCUT2D eigenvalue weighted by Crippen LogP contribution is 2.41. The number of hydrogen-bond donors (Lipinski definition) is 0. The zero-order chi connectivity index (χ0) is 15.8. The average molecular weight is 288 g/mol. The molecule has 0 radical (unpaired) electrons. The largest absolute Gasteiger partial charge is 0.103 e. The van der Waals surface area contributed by atoms with E-state index in [0.29, 0.717) is 0 Å². The molecule has 22 heavy (non-hydrogen) atoms. The van der Waals surface area contributed by atoms with Crippen molar-refractivity contribution in [3.05, 3.63) is 109 Å². The molecule has 0 spiro atoms. The van der Waals surface area contributed by atoms with E-state index in [-0.39, 0.29) is 5.41 Å². The second-order valence-electron chi connectivity index (χ2n) is 5.58. The number of allylic oxidation sites excluding steroid dienone is 3. The molecule has 2 rings (SSSR count). The molecule has 2 aromatic carbocycles. The molecular weight excluding hydrogens is 264 g/mol. The van der Waals surface area contributed by atoms with Gasteiger partial charge in [-0.1, -0.05) is 72.8 Å². The van der Waals surface area contributed by atoms with Crippen LogP contribution in [-0.4, -0.2) is 0 Å². The highest BCUT2D eigenvalue weighted by molar-refractivity contribution is 5.45. The van der Waals surface area contributed by atoms with E-state index in [4.69, 9.17) is 0 Å². The smallest absolute Gasteiger partial charge is 0.0274 e. The summed E-state index contributed by atoms with van der Waals surface area (Å²) in [5, 5.41) is 0. The molecule has 0 aliphatic rings. The minimum absolute atomic E-state index is 0.107. The van der Waals surface area contributed by atoms with Gasteiger partial charge in [-0.3, -0.25) is 0 Å². The van der Waals surface area contributed by atoms with Crippen molar-refractivity contribution >= 4 is 0 Å². The Hall–Kier alpha value is -2.34. The molecule has 0 nitrogen and oxygen atoms in total. The fraction of sp³-hybridized carbons (Fsp3) is 0.182. The van der Waals surface area contributed by atoms with E-state index < -0.39 is 0 Å². The van der Waals surface area contributed by atoms with E-state index in [0.717, 1.165) is 19.3 Å². The van der Waals surface area contributed by atoms with Crippen molar-refractivity contribution in [2.45, 2.75) is 24.7 Å². The highest BCUT2D eigenvalue weighted by Gasteiger charge is 2.33. The Morgan fingerprint density at radius 1 is 0.727 bits per heavy atom. The van der Waals surface area contributed by atoms with Gasteiger partial charge in [0.15, 0.2) is 0 Å². The standard InChI is InChI=1S/C22H24/c1-4-12-19-13-10-11-16-21(19)22(17-5-2,18-6-3)20-14-8-7-9-15-20/h4-11,13-16H,1-3,12,17-18H2. The fourth-order valence-corrected chi connectivity index (χ4v) is 3.27. The van der Waals surface area contributed by atoms with Gasteiger partial charge in [0.05, 0.1) is 0 Å². The van der Waals surface area contributed by atoms with Gasteiger partial charge < -0.3 is 0 Å². The van der Waals surface area contributed by atoms with Gasteiger partial charge in [-0.2, -0.15) is 0 Å². The summed E-state index contributed by atoms with van der Waals surface area (Å²) in [6.07, 6.45) is 8.65. The molecule has 0 heteroatoms. The minimum Gasteiger partial charge on any atom is -0.103 e. The topological polar surface area (TPSA) is 0 Å². The van der Waals surface area contributed by atoms with Crippen LogP contribution in [0.5, 0.6) is 0 Å². The predicted octanol–water partition coefficient (Wildman–Crippen LogP) is 5.85. The van der Waals surface area contributed by atoms with Crippen molar-refractivity contribution < 1.29 is 0 Å². The minimum atomic E-state index is -0.107. The van der Waals surface area contributed by atoms with Crippen LogP contribution in [0.25, 0.3) is 0 Å². The van der Waals surface area contributed by atoms with Crippen molar-refractivity contribution in [2.24, 2.45) is 0 Å². The Balaban J connectivity index is 2.69. The van der Waals surface area contributed by atoms with E-state index in [1.807, 2.05) is 18.2 Å². The van der Waals surface area contributed by atoms with Gasteiger partial charge in [0.1, 0.15) is 0 Å². The summed E-state index contributed by atoms with van der Waals surface area (Å²) in [6, 6.07) is 19.3. The molecule has 0 aliphatic heterocycles. The van der Waals surface area contributed by atoms with Crippen LogP contribution in [0.1, 0.15) is 29.5 Å². The van der Waals surface area contributed by atoms with Gasteiger partial charge >= 0.3 is 0 Å². The molecule has 0 heterocycles. The molecule has 0 aromatic heterocycles. The van der Waals surface area contributed by atoms with Gasteiger partial charge in [0, 0.05) is 5.41 Å². The van der Waals surface area contributed by atoms with Gasteiger partial charge in [0.2, 0.25) is 0 Å². The lowest BCUT2D eigenvalue weighted by Crippen LogP contribution is -2.28. The summed E-state index contributed by atoms with van der Waals surface area (Å²) in [5.41, 5.74) is 3.88. The van der Waals surface area contributed by atoms with E-state index in [1.54, 1.807) is 0 Å². The lowest BCUT2D eigenvalue weighted by molar-refractivity contribution is 0.525. The summed E-state index contributed by atoms with van der Waals surface area (Å²) >= 11 is 0. The van der Waals surface area contributed by atoms with Crippen LogP contribution in [0, 0.1) is 0 Å². The van der Waals surface area contributed by atoms with E-state index in [9.17, 15) is 0 Å². The molecule has 2 aromatic rings. The normalized spacial score (nSPS) is 10.9. The summed E-state index contributed by atoms with van der Waals surface area (Å²) in [7, 11) is 0. The van der Waals surface area contributed by atoms with Crippen molar-refractivity contribution in [3.63, 3.8) is 0 Å². The predicted molar refractivity (Wildman–Crippen MR) is 97.2 cm³/mol. The molecule has 0 unspecified atom stereocenters. The molecule has 0 aliphatic carbocycles. The molecule has 0 fully saturated rings. The van der Waals surface area contributed by atoms with E-state index in [2.05, 4.69) is 74.3 Å². The average Bonchev–Trinajstić information content (AvgIpc) is 2.56. The van der Waals surface area contributed by atoms with E-state index >= 15 is 0 Å². The molecule has 0 N–H and O–H groups in total. The van der Waals surface area contributed by atoms with Crippen LogP contribution < -0.4 is 0 Å². The van der Waals surface area contributed by atoms with Gasteiger partial charge in [-0.25, -0.2) is 0 Å². The Kier molecular flexibility index (Phi) is 5.55. The first-order chi connectivity index (χ1) is 10.8. The Morgan fingerprint density at radius 3 is 1.91 bits per heavy atom. The summed E-state index contributed by atoms with van der Waals surface area (Å²) < 4.78 is 0. The van der Waals surface area contributed by atoms with Crippen molar-refractivity contribution in [1.82, 2.24) is 0 Å². The number of rotatable bonds is 8. The molecule has 0 saturated heterocycles. The fourth-order valence-electron chi connectivity index (χ4n) is 3.27. The molecular formula is C22H24. The summed E-state index contributed by atoms with van der Waals surface area (Å²) in [6.45, 7) is 11.9. The number of hydrogen-bond acceptors (Lipinski definition) is 0. The van der Waals surface area contributed by atoms with Crippen molar-refractivity contribution in [1.29, 1.82) is 0 Å². The van der Waals surface area contributed by atoms with Crippen LogP contribution in [0.2, 0.25) is 0 Å². The Labute approximate surface area is 134 Å². The van der Waals surface area contributed by atoms with Crippen LogP contribution in [-0.2, 0) is 11.8 Å². The van der Waals surface area contributed by atoms with Crippen LogP contribution in [0.4, 0.5) is 0 Å². The second-order valence-corrected chi connectivity index (χ2v) is 5.58. The lowest BCUT2D eigenvalue weighted by atomic mass is 9.68. The lowest BCUT2D eigenvalue weighted by Gasteiger charge is -2.35. The maximum absolute atomic E-state index is 4.00. The third-order valence-electron chi connectivity index (χ3n) is 4.21. The molecule has 0 bridgehead atoms. The van der Waals surface area contributed by atoms with Gasteiger partial charge in [-0.15, -0.1) is 19.7 Å². The molecule has 0 atom stereocenters. The van der Waals surface area contributed by atoms with Gasteiger partial charge in [0.25, 0.3) is 0 Å². The van der Waals surface area contributed by atoms with Gasteiger partial charge in [-0.05, 0) is 36.0 Å². The summed E-state index contributed by atoms with van der Waals surface area (Å²) in [5.74, 6) is 0. The number of benzene rings is 2. The zero-order valence-corrected chi connectivity index (χ0v) is 13.2. The van der Waals surface area contributed by atoms with Crippen molar-refractivity contribution in [3.8, 4) is 0 Å². The van der Waals surface area contributed by atoms with Crippen LogP contribution >= 0.6 is 0 Å². The quantitative estimate of drug-likeness (QED) is 0.534. The molecule has 0 saturated carbocycles. The first kappa shape index (κ1) is 16.0. The Morgan fingerprint density at radius 2 is 1.32 bits per heavy atom. The van der Waals surface area contributed by atoms with Crippen LogP contribution in [0.3, 0.4) is 0 Å². The molecule has 0 amide bonds. The monoisotopic (exact) mass is 288 g/mol. The third kappa shape index (κ3) is 3.12. The third-order valence-corrected chi connectivity index (χ3v) is 4.21. The van der Waals surface area contributed by atoms with Crippen LogP contribution in [0.15, 0.2) is 92.6 Å². The molecule has 112 valence electrons. The maximum Gasteiger partial charge on any atom is 0.0274 e.